The average molecular weight is 497 g/mol. The smallest absolute Gasteiger partial charge is 0.160 e. The first kappa shape index (κ1) is 20.7. The molecule has 0 atom stereocenters. The molecule has 0 fully saturated rings. The second-order valence-electron chi connectivity index (χ2n) is 10.2. The summed E-state index contributed by atoms with van der Waals surface area (Å²) in [5.41, 5.74) is 8.38. The van der Waals surface area contributed by atoms with Gasteiger partial charge in [-0.2, -0.15) is 0 Å². The van der Waals surface area contributed by atoms with Gasteiger partial charge in [-0.1, -0.05) is 97.1 Å². The van der Waals surface area contributed by atoms with Gasteiger partial charge in [0.1, 0.15) is 11.3 Å². The second-order valence-corrected chi connectivity index (χ2v) is 10.2. The van der Waals surface area contributed by atoms with Crippen molar-refractivity contribution in [2.24, 2.45) is 0 Å². The van der Waals surface area contributed by atoms with Gasteiger partial charge in [0.15, 0.2) is 5.82 Å². The largest absolute Gasteiger partial charge is 0.455 e. The minimum Gasteiger partial charge on any atom is -0.455 e. The number of hydrogen-bond donors (Lipinski definition) is 0. The highest BCUT2D eigenvalue weighted by Crippen LogP contribution is 2.52. The normalized spacial score (nSPS) is 12.1. The van der Waals surface area contributed by atoms with Crippen molar-refractivity contribution >= 4 is 43.4 Å². The van der Waals surface area contributed by atoms with E-state index < -0.39 is 0 Å². The van der Waals surface area contributed by atoms with Gasteiger partial charge in [0.05, 0.1) is 11.2 Å². The van der Waals surface area contributed by atoms with Crippen LogP contribution in [0.4, 0.5) is 0 Å². The van der Waals surface area contributed by atoms with Crippen LogP contribution >= 0.6 is 0 Å². The third-order valence-corrected chi connectivity index (χ3v) is 8.00. The molecule has 3 nitrogen and oxygen atoms in total. The zero-order chi connectivity index (χ0) is 25.5. The van der Waals surface area contributed by atoms with Crippen LogP contribution in [-0.4, -0.2) is 9.97 Å². The zero-order valence-electron chi connectivity index (χ0n) is 20.8. The van der Waals surface area contributed by atoms with Crippen molar-refractivity contribution in [1.29, 1.82) is 0 Å². The Balaban J connectivity index is 1.33. The van der Waals surface area contributed by atoms with Crippen LogP contribution in [0.2, 0.25) is 0 Å². The van der Waals surface area contributed by atoms with Crippen LogP contribution in [-0.2, 0) is 0 Å². The third kappa shape index (κ3) is 2.87. The lowest BCUT2D eigenvalue weighted by molar-refractivity contribution is 0.634. The van der Waals surface area contributed by atoms with Crippen molar-refractivity contribution in [2.45, 2.75) is 0 Å². The molecule has 180 valence electrons. The Kier molecular flexibility index (Phi) is 4.05. The molecule has 0 saturated carbocycles. The van der Waals surface area contributed by atoms with Gasteiger partial charge in [0.25, 0.3) is 0 Å². The summed E-state index contributed by atoms with van der Waals surface area (Å²) in [6.07, 6.45) is 0. The number of rotatable bonds is 2. The molecule has 0 N–H and O–H groups in total. The SMILES string of the molecule is c1ccc(-c2nc(-c3ccc4oc5c(c4c3)-c3cccc4cccc-5c34)nc3c2ccc2ccccc23)cc1. The number of furan rings is 1. The summed E-state index contributed by atoms with van der Waals surface area (Å²) in [4.78, 5) is 10.4. The summed E-state index contributed by atoms with van der Waals surface area (Å²) in [7, 11) is 0. The van der Waals surface area contributed by atoms with Crippen LogP contribution in [0.1, 0.15) is 0 Å². The van der Waals surface area contributed by atoms with Crippen molar-refractivity contribution < 1.29 is 4.42 Å². The van der Waals surface area contributed by atoms with Crippen LogP contribution in [0.25, 0.3) is 88.5 Å². The molecule has 1 aliphatic carbocycles. The molecule has 0 aliphatic heterocycles. The molecule has 2 heterocycles. The maximum Gasteiger partial charge on any atom is 0.160 e. The standard InChI is InChI=1S/C36H20N2O/c1-2-9-23(10-3-1)33-28-18-16-21-8-4-5-13-25(21)34(28)38-36(37-33)24-17-19-30-29(20-24)32-26-14-6-11-22-12-7-15-27(31(22)26)35(32)39-30/h1-20H. The molecule has 8 aromatic rings. The Morgan fingerprint density at radius 1 is 0.513 bits per heavy atom. The van der Waals surface area contributed by atoms with Gasteiger partial charge in [-0.25, -0.2) is 9.97 Å². The van der Waals surface area contributed by atoms with Gasteiger partial charge >= 0.3 is 0 Å². The van der Waals surface area contributed by atoms with E-state index in [1.54, 1.807) is 0 Å². The van der Waals surface area contributed by atoms with E-state index in [4.69, 9.17) is 14.4 Å². The molecule has 0 amide bonds. The number of fused-ring (bicyclic) bond motifs is 8. The molecule has 1 aliphatic rings. The average Bonchev–Trinajstić information content (AvgIpc) is 3.53. The highest BCUT2D eigenvalue weighted by atomic mass is 16.3. The lowest BCUT2D eigenvalue weighted by atomic mass is 10.00. The molecular weight excluding hydrogens is 476 g/mol. The van der Waals surface area contributed by atoms with E-state index in [2.05, 4.69) is 115 Å². The summed E-state index contributed by atoms with van der Waals surface area (Å²) in [5.74, 6) is 1.66. The van der Waals surface area contributed by atoms with Gasteiger partial charge in [-0.15, -0.1) is 0 Å². The van der Waals surface area contributed by atoms with E-state index in [1.807, 2.05) is 6.07 Å². The quantitative estimate of drug-likeness (QED) is 0.224. The van der Waals surface area contributed by atoms with Crippen molar-refractivity contribution in [3.8, 4) is 45.1 Å². The maximum atomic E-state index is 6.45. The number of hydrogen-bond acceptors (Lipinski definition) is 3. The van der Waals surface area contributed by atoms with Gasteiger partial charge in [0, 0.05) is 43.8 Å². The third-order valence-electron chi connectivity index (χ3n) is 8.00. The molecule has 3 heteroatoms. The Morgan fingerprint density at radius 2 is 1.31 bits per heavy atom. The first-order valence-electron chi connectivity index (χ1n) is 13.2. The van der Waals surface area contributed by atoms with E-state index in [0.29, 0.717) is 5.82 Å². The van der Waals surface area contributed by atoms with Crippen molar-refractivity contribution in [1.82, 2.24) is 9.97 Å². The molecule has 9 rings (SSSR count). The summed E-state index contributed by atoms with van der Waals surface area (Å²) in [6.45, 7) is 0. The van der Waals surface area contributed by atoms with E-state index in [9.17, 15) is 0 Å². The van der Waals surface area contributed by atoms with E-state index in [-0.39, 0.29) is 0 Å². The Morgan fingerprint density at radius 3 is 2.21 bits per heavy atom. The topological polar surface area (TPSA) is 38.9 Å². The van der Waals surface area contributed by atoms with Crippen LogP contribution in [0.5, 0.6) is 0 Å². The fourth-order valence-electron chi connectivity index (χ4n) is 6.24. The molecular formula is C36H20N2O. The first-order valence-corrected chi connectivity index (χ1v) is 13.2. The lowest BCUT2D eigenvalue weighted by Crippen LogP contribution is -1.96. The van der Waals surface area contributed by atoms with E-state index in [1.165, 1.54) is 21.7 Å². The highest BCUT2D eigenvalue weighted by molar-refractivity contribution is 6.20. The molecule has 0 bridgehead atoms. The van der Waals surface area contributed by atoms with E-state index >= 15 is 0 Å². The lowest BCUT2D eigenvalue weighted by Gasteiger charge is -2.11. The van der Waals surface area contributed by atoms with Gasteiger partial charge < -0.3 is 4.42 Å². The Labute approximate surface area is 224 Å². The predicted octanol–water partition coefficient (Wildman–Crippen LogP) is 9.66. The molecule has 6 aromatic carbocycles. The first-order chi connectivity index (χ1) is 19.3. The van der Waals surface area contributed by atoms with Gasteiger partial charge in [-0.3, -0.25) is 0 Å². The number of aromatic nitrogens is 2. The molecule has 39 heavy (non-hydrogen) atoms. The van der Waals surface area contributed by atoms with E-state index in [0.717, 1.165) is 61.0 Å². The molecule has 0 saturated heterocycles. The maximum absolute atomic E-state index is 6.45. The van der Waals surface area contributed by atoms with Crippen molar-refractivity contribution in [3.63, 3.8) is 0 Å². The van der Waals surface area contributed by atoms with Crippen molar-refractivity contribution in [3.05, 3.63) is 121 Å². The monoisotopic (exact) mass is 496 g/mol. The summed E-state index contributed by atoms with van der Waals surface area (Å²) < 4.78 is 6.45. The molecule has 0 spiro atoms. The molecule has 0 unspecified atom stereocenters. The summed E-state index contributed by atoms with van der Waals surface area (Å²) >= 11 is 0. The second kappa shape index (κ2) is 7.62. The molecule has 2 aromatic heterocycles. The predicted molar refractivity (Wildman–Crippen MR) is 160 cm³/mol. The highest BCUT2D eigenvalue weighted by Gasteiger charge is 2.28. The van der Waals surface area contributed by atoms with Crippen LogP contribution in [0.15, 0.2) is 126 Å². The van der Waals surface area contributed by atoms with Crippen LogP contribution in [0, 0.1) is 0 Å². The summed E-state index contributed by atoms with van der Waals surface area (Å²) in [6, 6.07) is 42.4. The van der Waals surface area contributed by atoms with Crippen molar-refractivity contribution in [2.75, 3.05) is 0 Å². The zero-order valence-corrected chi connectivity index (χ0v) is 20.8. The van der Waals surface area contributed by atoms with Gasteiger partial charge in [-0.05, 0) is 40.6 Å². The fraction of sp³-hybridized carbons (Fsp3) is 0. The Bertz CT molecular complexity index is 2270. The number of benzene rings is 6. The van der Waals surface area contributed by atoms with Crippen LogP contribution < -0.4 is 0 Å². The number of nitrogens with zero attached hydrogens (tertiary/aromatic N) is 2. The van der Waals surface area contributed by atoms with Gasteiger partial charge in [0.2, 0.25) is 0 Å². The summed E-state index contributed by atoms with van der Waals surface area (Å²) in [5, 5.41) is 6.94. The minimum absolute atomic E-state index is 0.711. The fourth-order valence-corrected chi connectivity index (χ4v) is 6.24. The minimum atomic E-state index is 0.711. The molecule has 0 radical (unpaired) electrons. The Hall–Kier alpha value is -5.28. The van der Waals surface area contributed by atoms with Crippen LogP contribution in [0.3, 0.4) is 0 Å².